The molecule has 0 aliphatic carbocycles. The minimum atomic E-state index is -0.676. The summed E-state index contributed by atoms with van der Waals surface area (Å²) in [4.78, 5) is 143. The van der Waals surface area contributed by atoms with Gasteiger partial charge in [-0.2, -0.15) is 0 Å². The van der Waals surface area contributed by atoms with Crippen LogP contribution in [0.25, 0.3) is 0 Å². The van der Waals surface area contributed by atoms with E-state index < -0.39 is 22.9 Å². The zero-order chi connectivity index (χ0) is 69.4. The number of Topliss-reactive ketones (excluding diaryl/α,β-unsaturated/α-hetero) is 1. The number of pyridine rings is 4. The molecule has 14 rings (SSSR count). The Balaban J connectivity index is 0.000000143. The first-order valence-corrected chi connectivity index (χ1v) is 32.7. The number of nitrogen functional groups attached to an aromatic ring is 1. The van der Waals surface area contributed by atoms with Crippen LogP contribution in [0.4, 0.5) is 28.8 Å². The molecular formula is C64H79Br2N21O9. The molecule has 0 radical (unpaired) electrons. The molecule has 30 nitrogen and oxygen atoms in total. The number of amides is 4. The van der Waals surface area contributed by atoms with Crippen LogP contribution in [0.5, 0.6) is 0 Å². The average molecular weight is 1450 g/mol. The molecule has 96 heavy (non-hydrogen) atoms. The van der Waals surface area contributed by atoms with Gasteiger partial charge in [0.1, 0.15) is 93.4 Å². The number of nitrogens with two attached hydrogens (primary N) is 2. The number of piperidine rings is 4. The third-order valence-electron chi connectivity index (χ3n) is 17.3. The highest BCUT2D eigenvalue weighted by Crippen LogP contribution is 2.36. The van der Waals surface area contributed by atoms with Gasteiger partial charge in [-0.3, -0.25) is 61.8 Å². The summed E-state index contributed by atoms with van der Waals surface area (Å²) in [5.41, 5.74) is 12.8. The Morgan fingerprint density at radius 2 is 0.917 bits per heavy atom. The summed E-state index contributed by atoms with van der Waals surface area (Å²) >= 11 is 6.33. The third-order valence-corrected chi connectivity index (χ3v) is 18.4. The number of ketones is 1. The molecule has 4 amide bonds. The van der Waals surface area contributed by atoms with Crippen LogP contribution in [-0.4, -0.2) is 178 Å². The summed E-state index contributed by atoms with van der Waals surface area (Å²) in [6.07, 6.45) is 16.0. The number of anilines is 5. The number of carbonyl (C=O) groups excluding carboxylic acids is 5. The van der Waals surface area contributed by atoms with Crippen molar-refractivity contribution in [3.63, 3.8) is 0 Å². The van der Waals surface area contributed by atoms with Gasteiger partial charge in [-0.15, -0.1) is 0 Å². The van der Waals surface area contributed by atoms with Crippen molar-refractivity contribution in [1.82, 2.24) is 84.1 Å². The number of aromatic amines is 1. The normalized spacial score (nSPS) is 20.9. The van der Waals surface area contributed by atoms with Gasteiger partial charge >= 0.3 is 0 Å². The van der Waals surface area contributed by atoms with E-state index in [4.69, 9.17) is 11.5 Å². The number of aromatic nitrogens is 10. The molecule has 7 aliphatic rings. The maximum Gasteiger partial charge on any atom is 0.276 e. The summed E-state index contributed by atoms with van der Waals surface area (Å²) < 4.78 is 5.85. The quantitative estimate of drug-likeness (QED) is 0.122. The molecule has 0 saturated carbocycles. The van der Waals surface area contributed by atoms with Crippen molar-refractivity contribution < 1.29 is 24.0 Å². The van der Waals surface area contributed by atoms with E-state index in [2.05, 4.69) is 113 Å². The summed E-state index contributed by atoms with van der Waals surface area (Å²) in [6, 6.07) is 11.7. The van der Waals surface area contributed by atoms with Gasteiger partial charge in [0, 0.05) is 44.6 Å². The second-order valence-corrected chi connectivity index (χ2v) is 26.6. The first-order chi connectivity index (χ1) is 45.6. The largest absolute Gasteiger partial charge is 0.384 e. The molecule has 4 saturated heterocycles. The summed E-state index contributed by atoms with van der Waals surface area (Å²) in [6.45, 7) is 13.8. The Bertz CT molecular complexity index is 4180. The van der Waals surface area contributed by atoms with Gasteiger partial charge in [-0.25, -0.2) is 29.9 Å². The molecule has 7 aliphatic heterocycles. The lowest BCUT2D eigenvalue weighted by molar-refractivity contribution is -0.121. The van der Waals surface area contributed by atoms with E-state index in [-0.39, 0.29) is 45.7 Å². The number of aryl methyl sites for hydroxylation is 4. The summed E-state index contributed by atoms with van der Waals surface area (Å²) in [7, 11) is 8.01. The minimum absolute atomic E-state index is 0.130. The number of hydrogen-bond donors (Lipinski definition) is 8. The number of H-pyrrole nitrogens is 1. The number of hydrogen-bond acceptors (Lipinski definition) is 22. The van der Waals surface area contributed by atoms with Gasteiger partial charge in [-0.1, -0.05) is 0 Å². The molecule has 3 spiro atoms. The van der Waals surface area contributed by atoms with Crippen LogP contribution < -0.4 is 60.3 Å². The molecule has 3 atom stereocenters. The third kappa shape index (κ3) is 15.9. The fourth-order valence-electron chi connectivity index (χ4n) is 13.2. The van der Waals surface area contributed by atoms with E-state index in [1.54, 1.807) is 81.7 Å². The van der Waals surface area contributed by atoms with Crippen molar-refractivity contribution in [3.05, 3.63) is 175 Å². The molecule has 0 bridgehead atoms. The molecule has 32 heteroatoms. The number of primary amides is 1. The molecule has 14 heterocycles. The van der Waals surface area contributed by atoms with Crippen LogP contribution in [0.2, 0.25) is 0 Å². The topological polar surface area (TPSA) is 387 Å². The average Bonchev–Trinajstić information content (AvgIpc) is 1.57. The Labute approximate surface area is 569 Å². The number of halogens is 2. The predicted molar refractivity (Wildman–Crippen MR) is 367 cm³/mol. The lowest BCUT2D eigenvalue weighted by Crippen LogP contribution is -2.57. The zero-order valence-electron chi connectivity index (χ0n) is 54.7. The first kappa shape index (κ1) is 71.1. The molecule has 7 aromatic rings. The van der Waals surface area contributed by atoms with E-state index in [0.29, 0.717) is 92.4 Å². The highest BCUT2D eigenvalue weighted by molar-refractivity contribution is 9.10. The van der Waals surface area contributed by atoms with Crippen molar-refractivity contribution in [3.8, 4) is 0 Å². The second-order valence-electron chi connectivity index (χ2n) is 24.9. The van der Waals surface area contributed by atoms with Crippen molar-refractivity contribution in [1.29, 1.82) is 0 Å². The van der Waals surface area contributed by atoms with E-state index in [1.165, 1.54) is 19.0 Å². The standard InChI is InChI=1S/2C17H20N6O2.C13H16BrN3O2.C7H7BrN2O2.C6H11NO.C4H5N3/c2*1-11-8-12(20-13-4-6-18-10-19-13)16(25)23-14(11)15(24)21-17(23)5-3-7-22(2)9-17;1-8-6-9(14)12(19)17-10(8)11(18)15-13(17)4-3-5-16(2)7-13;1-3-2-4(8)7(12)10-5(3)6(9)11;1-7-4-2-3-6(8)5-7;5-4-1-2-6-3-7-4/h2*4,6,8,10H,3,5,7,9H2,1-2H3,(H,21,24)(H,18,19,20);6H,3-5,7H2,1-2H3,(H,15,18);2H,1H3,(H2,9,11)(H,10,12);2-5H2,1H3;1-3H,(H2,5,6,7). The predicted octanol–water partition coefficient (Wildman–Crippen LogP) is 3.55. The molecular weight excluding hydrogens is 1370 g/mol. The molecule has 0 aromatic carbocycles. The fraction of sp³-hybridized carbons (Fsp3) is 0.422. The number of carbonyl (C=O) groups is 5. The number of fused-ring (bicyclic) bond motifs is 6. The van der Waals surface area contributed by atoms with Crippen LogP contribution in [-0.2, 0) is 21.8 Å². The number of nitrogens with zero attached hydrogens (tertiary/aromatic N) is 13. The number of likely N-dealkylation sites (N-methyl/N-ethyl adjacent to an activating group) is 4. The zero-order valence-corrected chi connectivity index (χ0v) is 57.9. The van der Waals surface area contributed by atoms with Gasteiger partial charge in [0.05, 0.1) is 15.5 Å². The van der Waals surface area contributed by atoms with Crippen molar-refractivity contribution >= 4 is 90.1 Å². The summed E-state index contributed by atoms with van der Waals surface area (Å²) in [5, 5.41) is 15.3. The maximum absolute atomic E-state index is 13.2. The van der Waals surface area contributed by atoms with Gasteiger partial charge in [-0.05, 0) is 224 Å². The fourth-order valence-corrected chi connectivity index (χ4v) is 14.1. The van der Waals surface area contributed by atoms with Crippen LogP contribution in [0.1, 0.15) is 116 Å². The molecule has 3 unspecified atom stereocenters. The lowest BCUT2D eigenvalue weighted by atomic mass is 9.98. The van der Waals surface area contributed by atoms with Gasteiger partial charge in [0.15, 0.2) is 0 Å². The Kier molecular flexibility index (Phi) is 22.4. The van der Waals surface area contributed by atoms with Crippen LogP contribution in [0.3, 0.4) is 0 Å². The van der Waals surface area contributed by atoms with Crippen LogP contribution in [0, 0.1) is 27.7 Å². The highest BCUT2D eigenvalue weighted by atomic mass is 79.9. The number of rotatable bonds is 5. The van der Waals surface area contributed by atoms with Gasteiger partial charge in [0.2, 0.25) is 0 Å². The van der Waals surface area contributed by atoms with Crippen molar-refractivity contribution in [2.45, 2.75) is 96.1 Å². The van der Waals surface area contributed by atoms with Crippen LogP contribution in [0.15, 0.2) is 108 Å². The smallest absolute Gasteiger partial charge is 0.276 e. The number of nitrogens with one attached hydrogen (secondary N) is 6. The lowest BCUT2D eigenvalue weighted by Gasteiger charge is -2.39. The van der Waals surface area contributed by atoms with Gasteiger partial charge in [0.25, 0.3) is 45.9 Å². The van der Waals surface area contributed by atoms with E-state index in [0.717, 1.165) is 94.2 Å². The van der Waals surface area contributed by atoms with Crippen molar-refractivity contribution in [2.24, 2.45) is 5.73 Å². The molecule has 10 N–H and O–H groups in total. The maximum atomic E-state index is 13.2. The Morgan fingerprint density at radius 1 is 0.521 bits per heavy atom. The van der Waals surface area contributed by atoms with Crippen LogP contribution >= 0.6 is 31.9 Å². The molecule has 7 aromatic heterocycles. The van der Waals surface area contributed by atoms with E-state index >= 15 is 0 Å². The van der Waals surface area contributed by atoms with Gasteiger partial charge < -0.3 is 57.7 Å². The Morgan fingerprint density at radius 3 is 1.26 bits per heavy atom. The van der Waals surface area contributed by atoms with E-state index in [9.17, 15) is 43.2 Å². The minimum Gasteiger partial charge on any atom is -0.384 e. The Hall–Kier alpha value is -9.21. The molecule has 508 valence electrons. The van der Waals surface area contributed by atoms with E-state index in [1.807, 2.05) is 49.0 Å². The molecule has 4 fully saturated rings. The SMILES string of the molecule is CN1CCCC(=O)C1.Cc1cc(Br)c(=O)[nH]c1C(N)=O.Cc1cc(Br)c(=O)n2c1C(=O)NC21CCCN(C)C1.Cc1cc(Nc2ccncn2)c(=O)n2c1C(=O)NC21CCCN(C)C1.Cc1cc(Nc2ccncn2)c(=O)n2c1C(=O)NC21CCCN(C)C1.Nc1ccncn1. The second kappa shape index (κ2) is 30.3. The first-order valence-electron chi connectivity index (χ1n) is 31.1. The van der Waals surface area contributed by atoms with Crippen molar-refractivity contribution in [2.75, 3.05) is 96.9 Å². The summed E-state index contributed by atoms with van der Waals surface area (Å²) in [5.74, 6) is 0.846. The number of likely N-dealkylation sites (tertiary alicyclic amines) is 4. The monoisotopic (exact) mass is 1440 g/mol. The highest BCUT2D eigenvalue weighted by Gasteiger charge is 2.49.